The third-order valence-corrected chi connectivity index (χ3v) is 4.31. The summed E-state index contributed by atoms with van der Waals surface area (Å²) in [4.78, 5) is 31.8. The summed E-state index contributed by atoms with van der Waals surface area (Å²) in [6.07, 6.45) is 13.5. The lowest BCUT2D eigenvalue weighted by Crippen LogP contribution is -2.26. The zero-order valence-corrected chi connectivity index (χ0v) is 14.9. The number of carbonyl (C=O) groups excluding carboxylic acids is 1. The third-order valence-electron chi connectivity index (χ3n) is 4.12. The van der Waals surface area contributed by atoms with E-state index in [-0.39, 0.29) is 11.3 Å². The summed E-state index contributed by atoms with van der Waals surface area (Å²) >= 11 is 5.53. The molecule has 0 bridgehead atoms. The molecule has 0 aliphatic carbocycles. The minimum absolute atomic E-state index is 0.0915. The van der Waals surface area contributed by atoms with Gasteiger partial charge in [-0.1, -0.05) is 6.07 Å². The van der Waals surface area contributed by atoms with E-state index in [1.54, 1.807) is 37.3 Å². The number of nitrogens with one attached hydrogen (secondary N) is 1. The molecule has 3 aromatic heterocycles. The molecule has 1 N–H and O–H groups in total. The first kappa shape index (κ1) is 18.2. The topological polar surface area (TPSA) is 87.7 Å². The van der Waals surface area contributed by atoms with Gasteiger partial charge in [-0.15, -0.1) is 0 Å². The second kappa shape index (κ2) is 9.17. The second-order valence-electron chi connectivity index (χ2n) is 5.82. The Labute approximate surface area is 156 Å². The van der Waals surface area contributed by atoms with E-state index in [4.69, 9.17) is 11.6 Å². The predicted molar refractivity (Wildman–Crippen MR) is 98.5 cm³/mol. The summed E-state index contributed by atoms with van der Waals surface area (Å²) in [6, 6.07) is 3.75. The van der Waals surface area contributed by atoms with Crippen molar-refractivity contribution in [3.63, 3.8) is 0 Å². The van der Waals surface area contributed by atoms with Crippen molar-refractivity contribution in [1.29, 1.82) is 0 Å². The number of hydrogen-bond acceptors (Lipinski definition) is 6. The van der Waals surface area contributed by atoms with Gasteiger partial charge in [-0.2, -0.15) is 0 Å². The Morgan fingerprint density at radius 1 is 1.12 bits per heavy atom. The van der Waals surface area contributed by atoms with Crippen LogP contribution < -0.4 is 0 Å². The summed E-state index contributed by atoms with van der Waals surface area (Å²) < 4.78 is 0. The van der Waals surface area contributed by atoms with E-state index in [2.05, 4.69) is 29.8 Å². The Bertz CT molecular complexity index is 788. The Morgan fingerprint density at radius 3 is 2.46 bits per heavy atom. The Morgan fingerprint density at radius 2 is 1.88 bits per heavy atom. The monoisotopic (exact) mass is 370 g/mol. The summed E-state index contributed by atoms with van der Waals surface area (Å²) in [5.41, 5.74) is 2.76. The van der Waals surface area contributed by atoms with Crippen LogP contribution in [0.2, 0.25) is 5.28 Å². The Hall–Kier alpha value is -2.64. The number of aromatic nitrogens is 5. The van der Waals surface area contributed by atoms with Gasteiger partial charge in [-0.05, 0) is 49.2 Å². The van der Waals surface area contributed by atoms with Crippen LogP contribution in [0.4, 0.5) is 0 Å². The Kier molecular flexibility index (Phi) is 6.40. The molecule has 26 heavy (non-hydrogen) atoms. The van der Waals surface area contributed by atoms with Gasteiger partial charge in [0.25, 0.3) is 0 Å². The lowest BCUT2D eigenvalue weighted by atomic mass is 10.1. The van der Waals surface area contributed by atoms with E-state index in [1.807, 2.05) is 12.1 Å². The van der Waals surface area contributed by atoms with Crippen molar-refractivity contribution in [2.24, 2.45) is 0 Å². The van der Waals surface area contributed by atoms with Gasteiger partial charge in [0.05, 0.1) is 24.3 Å². The molecule has 0 amide bonds. The van der Waals surface area contributed by atoms with Crippen LogP contribution >= 0.6 is 11.6 Å². The zero-order valence-electron chi connectivity index (χ0n) is 14.1. The fourth-order valence-corrected chi connectivity index (χ4v) is 2.91. The van der Waals surface area contributed by atoms with Crippen LogP contribution in [-0.4, -0.2) is 49.2 Å². The normalized spacial score (nSPS) is 15.1. The van der Waals surface area contributed by atoms with Crippen molar-refractivity contribution in [1.82, 2.24) is 29.8 Å². The standard InChI is InChI=1S/C11H14N2O.C7H5ClN4/c14-9-11(13-6-1-2-7-13)10-4-3-5-12-8-10;8-7-10-1-5(2-11-7)6-3-9-4-12-6/h3-5,8-9,11H,1-2,6-7H2;1-4H,(H,9,12). The summed E-state index contributed by atoms with van der Waals surface area (Å²) in [7, 11) is 0. The maximum absolute atomic E-state index is 11.0. The number of likely N-dealkylation sites (tertiary alicyclic amines) is 1. The van der Waals surface area contributed by atoms with E-state index in [0.29, 0.717) is 0 Å². The first-order chi connectivity index (χ1) is 12.8. The molecule has 1 aliphatic rings. The highest BCUT2D eigenvalue weighted by molar-refractivity contribution is 6.28. The molecule has 4 heterocycles. The van der Waals surface area contributed by atoms with Crippen LogP contribution in [0.1, 0.15) is 24.4 Å². The van der Waals surface area contributed by atoms with Crippen molar-refractivity contribution in [2.75, 3.05) is 13.1 Å². The zero-order chi connectivity index (χ0) is 18.2. The van der Waals surface area contributed by atoms with Gasteiger partial charge in [0.15, 0.2) is 0 Å². The first-order valence-electron chi connectivity index (χ1n) is 8.33. The number of H-pyrrole nitrogens is 1. The third kappa shape index (κ3) is 4.71. The second-order valence-corrected chi connectivity index (χ2v) is 6.15. The number of aldehydes is 1. The SMILES string of the molecule is Clc1ncc(-c2cnc[nH]2)cn1.O=CC(c1cccnc1)N1CCCC1. The lowest BCUT2D eigenvalue weighted by Gasteiger charge is -2.22. The molecule has 1 aliphatic heterocycles. The highest BCUT2D eigenvalue weighted by Gasteiger charge is 2.22. The summed E-state index contributed by atoms with van der Waals surface area (Å²) in [5.74, 6) is 0. The molecule has 134 valence electrons. The molecule has 0 aromatic carbocycles. The molecule has 0 radical (unpaired) electrons. The van der Waals surface area contributed by atoms with Gasteiger partial charge in [-0.25, -0.2) is 15.0 Å². The number of hydrogen-bond donors (Lipinski definition) is 1. The fourth-order valence-electron chi connectivity index (χ4n) is 2.81. The van der Waals surface area contributed by atoms with Gasteiger partial charge in [-0.3, -0.25) is 9.88 Å². The van der Waals surface area contributed by atoms with E-state index in [9.17, 15) is 4.79 Å². The molecule has 1 saturated heterocycles. The largest absolute Gasteiger partial charge is 0.345 e. The number of carbonyl (C=O) groups is 1. The van der Waals surface area contributed by atoms with Crippen molar-refractivity contribution < 1.29 is 4.79 Å². The fraction of sp³-hybridized carbons (Fsp3) is 0.278. The van der Waals surface area contributed by atoms with Crippen LogP contribution in [0, 0.1) is 0 Å². The first-order valence-corrected chi connectivity index (χ1v) is 8.71. The molecule has 3 aromatic rings. The molecule has 1 atom stereocenters. The lowest BCUT2D eigenvalue weighted by molar-refractivity contribution is -0.112. The number of rotatable bonds is 4. The average Bonchev–Trinajstić information content (AvgIpc) is 3.39. The molecule has 4 rings (SSSR count). The van der Waals surface area contributed by atoms with Crippen LogP contribution in [-0.2, 0) is 4.79 Å². The number of pyridine rings is 1. The van der Waals surface area contributed by atoms with Crippen molar-refractivity contribution >= 4 is 17.9 Å². The quantitative estimate of drug-likeness (QED) is 0.561. The van der Waals surface area contributed by atoms with Gasteiger partial charge >= 0.3 is 0 Å². The molecular weight excluding hydrogens is 352 g/mol. The van der Waals surface area contributed by atoms with Crippen LogP contribution in [0.3, 0.4) is 0 Å². The highest BCUT2D eigenvalue weighted by Crippen LogP contribution is 2.22. The average molecular weight is 371 g/mol. The maximum Gasteiger partial charge on any atom is 0.222 e. The number of halogens is 1. The van der Waals surface area contributed by atoms with Crippen molar-refractivity contribution in [3.8, 4) is 11.3 Å². The summed E-state index contributed by atoms with van der Waals surface area (Å²) in [6.45, 7) is 2.05. The van der Waals surface area contributed by atoms with E-state index in [1.165, 1.54) is 12.8 Å². The number of nitrogens with zero attached hydrogens (tertiary/aromatic N) is 5. The van der Waals surface area contributed by atoms with E-state index < -0.39 is 0 Å². The van der Waals surface area contributed by atoms with Gasteiger partial charge in [0, 0.05) is 30.4 Å². The highest BCUT2D eigenvalue weighted by atomic mass is 35.5. The predicted octanol–water partition coefficient (Wildman–Crippen LogP) is 2.94. The van der Waals surface area contributed by atoms with E-state index in [0.717, 1.165) is 36.2 Å². The van der Waals surface area contributed by atoms with Gasteiger partial charge in [0.1, 0.15) is 6.29 Å². The molecule has 8 heteroatoms. The molecule has 7 nitrogen and oxygen atoms in total. The molecule has 1 unspecified atom stereocenters. The van der Waals surface area contributed by atoms with Crippen molar-refractivity contribution in [2.45, 2.75) is 18.9 Å². The van der Waals surface area contributed by atoms with E-state index >= 15 is 0 Å². The smallest absolute Gasteiger partial charge is 0.222 e. The van der Waals surface area contributed by atoms with Crippen molar-refractivity contribution in [3.05, 3.63) is 60.3 Å². The number of aromatic amines is 1. The van der Waals surface area contributed by atoms with Crippen LogP contribution in [0.5, 0.6) is 0 Å². The molecule has 0 spiro atoms. The number of imidazole rings is 1. The minimum Gasteiger partial charge on any atom is -0.345 e. The minimum atomic E-state index is -0.0915. The molecule has 1 fully saturated rings. The van der Waals surface area contributed by atoms with Crippen LogP contribution in [0.15, 0.2) is 49.4 Å². The van der Waals surface area contributed by atoms with Gasteiger partial charge < -0.3 is 9.78 Å². The van der Waals surface area contributed by atoms with Crippen LogP contribution in [0.25, 0.3) is 11.3 Å². The molecular formula is C18H19ClN6O. The Balaban J connectivity index is 0.000000152. The maximum atomic E-state index is 11.0. The summed E-state index contributed by atoms with van der Waals surface area (Å²) in [5, 5.41) is 0.248. The van der Waals surface area contributed by atoms with Gasteiger partial charge in [0.2, 0.25) is 5.28 Å². The molecule has 0 saturated carbocycles.